The molecule has 0 aliphatic carbocycles. The summed E-state index contributed by atoms with van der Waals surface area (Å²) < 4.78 is 24.5. The van der Waals surface area contributed by atoms with Gasteiger partial charge in [-0.05, 0) is 18.6 Å². The number of nitrogens with two attached hydrogens (primary N) is 1. The smallest absolute Gasteiger partial charge is 0.171 e. The van der Waals surface area contributed by atoms with Gasteiger partial charge in [0.05, 0.1) is 11.4 Å². The molecule has 106 valence electrons. The molecule has 1 saturated heterocycles. The first-order valence-electron chi connectivity index (χ1n) is 6.38. The third-order valence-electron chi connectivity index (χ3n) is 3.46. The molecule has 1 aromatic carbocycles. The zero-order valence-corrected chi connectivity index (χ0v) is 12.9. The van der Waals surface area contributed by atoms with Crippen molar-refractivity contribution in [3.05, 3.63) is 23.8 Å². The van der Waals surface area contributed by atoms with E-state index in [1.165, 1.54) is 0 Å². The van der Waals surface area contributed by atoms with Crippen LogP contribution in [0.4, 0.5) is 11.4 Å². The Morgan fingerprint density at radius 3 is 2.84 bits per heavy atom. The molecule has 6 heteroatoms. The van der Waals surface area contributed by atoms with E-state index >= 15 is 0 Å². The highest BCUT2D eigenvalue weighted by atomic mass is 32.2. The Labute approximate surface area is 119 Å². The summed E-state index contributed by atoms with van der Waals surface area (Å²) in [6.07, 6.45) is 0. The Bertz CT molecular complexity index is 538. The molecule has 1 heterocycles. The highest BCUT2D eigenvalue weighted by molar-refractivity contribution is 8.01. The van der Waals surface area contributed by atoms with Gasteiger partial charge in [0.25, 0.3) is 0 Å². The molecular weight excluding hydrogens is 280 g/mol. The van der Waals surface area contributed by atoms with Crippen LogP contribution in [0.15, 0.2) is 18.2 Å². The maximum Gasteiger partial charge on any atom is 0.171 e. The first-order valence-corrected chi connectivity index (χ1v) is 9.25. The Kier molecular flexibility index (Phi) is 4.30. The molecule has 0 bridgehead atoms. The fraction of sp³-hybridized carbons (Fsp3) is 0.538. The van der Waals surface area contributed by atoms with Gasteiger partial charge in [-0.25, -0.2) is 8.42 Å². The average Bonchev–Trinajstić information content (AvgIpc) is 2.39. The van der Waals surface area contributed by atoms with E-state index < -0.39 is 15.2 Å². The molecule has 19 heavy (non-hydrogen) atoms. The number of rotatable bonds is 3. The van der Waals surface area contributed by atoms with Crippen LogP contribution in [0.25, 0.3) is 0 Å². The normalized spacial score (nSPS) is 20.5. The number of nitrogens with zero attached hydrogens (tertiary/aromatic N) is 1. The van der Waals surface area contributed by atoms with Crippen LogP contribution in [-0.2, 0) is 9.84 Å². The largest absolute Gasteiger partial charge is 0.397 e. The van der Waals surface area contributed by atoms with Crippen molar-refractivity contribution in [2.24, 2.45) is 0 Å². The van der Waals surface area contributed by atoms with Gasteiger partial charge in [-0.3, -0.25) is 0 Å². The molecule has 0 spiro atoms. The molecule has 1 aromatic rings. The first-order chi connectivity index (χ1) is 8.97. The highest BCUT2D eigenvalue weighted by Gasteiger charge is 2.34. The van der Waals surface area contributed by atoms with Crippen LogP contribution in [-0.4, -0.2) is 37.6 Å². The Hall–Kier alpha value is -0.880. The van der Waals surface area contributed by atoms with E-state index in [9.17, 15) is 8.42 Å². The lowest BCUT2D eigenvalue weighted by Gasteiger charge is -2.38. The van der Waals surface area contributed by atoms with Crippen molar-refractivity contribution in [2.75, 3.05) is 34.4 Å². The third kappa shape index (κ3) is 2.84. The van der Waals surface area contributed by atoms with Crippen LogP contribution in [0.5, 0.6) is 0 Å². The second kappa shape index (κ2) is 5.63. The number of nitrogen functional groups attached to an aromatic ring is 1. The van der Waals surface area contributed by atoms with Crippen molar-refractivity contribution < 1.29 is 8.42 Å². The first kappa shape index (κ1) is 14.5. The number of sulfone groups is 1. The van der Waals surface area contributed by atoms with Gasteiger partial charge >= 0.3 is 0 Å². The minimum absolute atomic E-state index is 0.167. The van der Waals surface area contributed by atoms with Crippen LogP contribution in [0, 0.1) is 6.92 Å². The summed E-state index contributed by atoms with van der Waals surface area (Å²) in [7, 11) is -3.10. The molecule has 0 aromatic heterocycles. The van der Waals surface area contributed by atoms with E-state index in [-0.39, 0.29) is 5.75 Å². The fourth-order valence-corrected chi connectivity index (χ4v) is 5.38. The van der Waals surface area contributed by atoms with Crippen molar-refractivity contribution >= 4 is 33.0 Å². The second-order valence-electron chi connectivity index (χ2n) is 4.69. The third-order valence-corrected chi connectivity index (χ3v) is 6.75. The summed E-state index contributed by atoms with van der Waals surface area (Å²) in [5.41, 5.74) is 8.62. The molecule has 1 aliphatic heterocycles. The number of benzene rings is 1. The molecule has 0 radical (unpaired) electrons. The lowest BCUT2D eigenvalue weighted by atomic mass is 10.1. The van der Waals surface area contributed by atoms with Gasteiger partial charge in [0, 0.05) is 23.8 Å². The summed E-state index contributed by atoms with van der Waals surface area (Å²) in [4.78, 5) is 1.97. The zero-order chi connectivity index (χ0) is 14.0. The lowest BCUT2D eigenvalue weighted by molar-refractivity contribution is 0.579. The molecule has 0 saturated carbocycles. The molecule has 2 N–H and O–H groups in total. The maximum atomic E-state index is 12.3. The Morgan fingerprint density at radius 1 is 1.47 bits per heavy atom. The van der Waals surface area contributed by atoms with Gasteiger partial charge < -0.3 is 10.6 Å². The summed E-state index contributed by atoms with van der Waals surface area (Å²) in [6.45, 7) is 4.40. The van der Waals surface area contributed by atoms with Gasteiger partial charge in [-0.1, -0.05) is 19.1 Å². The van der Waals surface area contributed by atoms with E-state index in [1.54, 1.807) is 18.7 Å². The van der Waals surface area contributed by atoms with Crippen LogP contribution in [0.3, 0.4) is 0 Å². The van der Waals surface area contributed by atoms with Gasteiger partial charge in [0.15, 0.2) is 9.84 Å². The van der Waals surface area contributed by atoms with Crippen molar-refractivity contribution in [1.29, 1.82) is 0 Å². The highest BCUT2D eigenvalue weighted by Crippen LogP contribution is 2.33. The molecule has 0 amide bonds. The van der Waals surface area contributed by atoms with Crippen molar-refractivity contribution in [1.82, 2.24) is 0 Å². The zero-order valence-electron chi connectivity index (χ0n) is 11.3. The van der Waals surface area contributed by atoms with Crippen LogP contribution in [0.2, 0.25) is 0 Å². The lowest BCUT2D eigenvalue weighted by Crippen LogP contribution is -2.48. The number of para-hydroxylation sites is 1. The van der Waals surface area contributed by atoms with E-state index in [4.69, 9.17) is 5.73 Å². The standard InChI is InChI=1S/C13H20N2O2S2/c1-3-19(16,17)12-9-18-8-7-15(12)13-10(2)5-4-6-11(13)14/h4-6,12H,3,7-9,14H2,1-2H3. The van der Waals surface area contributed by atoms with Gasteiger partial charge in [-0.15, -0.1) is 0 Å². The molecule has 4 nitrogen and oxygen atoms in total. The van der Waals surface area contributed by atoms with Gasteiger partial charge in [-0.2, -0.15) is 11.8 Å². The fourth-order valence-electron chi connectivity index (χ4n) is 2.40. The van der Waals surface area contributed by atoms with Crippen LogP contribution < -0.4 is 10.6 Å². The molecule has 1 unspecified atom stereocenters. The summed E-state index contributed by atoms with van der Waals surface area (Å²) >= 11 is 1.69. The maximum absolute atomic E-state index is 12.3. The number of thioether (sulfide) groups is 1. The van der Waals surface area contributed by atoms with Gasteiger partial charge in [0.2, 0.25) is 0 Å². The predicted octanol–water partition coefficient (Wildman–Crippen LogP) is 1.89. The second-order valence-corrected chi connectivity index (χ2v) is 8.28. The van der Waals surface area contributed by atoms with Gasteiger partial charge in [0.1, 0.15) is 5.37 Å². The number of anilines is 2. The minimum Gasteiger partial charge on any atom is -0.397 e. The SMILES string of the molecule is CCS(=O)(=O)C1CSCCN1c1c(C)cccc1N. The van der Waals surface area contributed by atoms with Crippen LogP contribution in [0.1, 0.15) is 12.5 Å². The van der Waals surface area contributed by atoms with Crippen molar-refractivity contribution in [3.63, 3.8) is 0 Å². The molecule has 1 atom stereocenters. The van der Waals surface area contributed by atoms with E-state index in [1.807, 2.05) is 30.0 Å². The average molecular weight is 300 g/mol. The monoisotopic (exact) mass is 300 g/mol. The summed E-state index contributed by atoms with van der Waals surface area (Å²) in [5, 5.41) is -0.459. The number of aryl methyl sites for hydroxylation is 1. The van der Waals surface area contributed by atoms with Crippen molar-refractivity contribution in [2.45, 2.75) is 19.2 Å². The molecule has 1 aliphatic rings. The number of hydrogen-bond acceptors (Lipinski definition) is 5. The Morgan fingerprint density at radius 2 is 2.21 bits per heavy atom. The summed E-state index contributed by atoms with van der Waals surface area (Å²) in [5.74, 6) is 1.72. The molecule has 2 rings (SSSR count). The topological polar surface area (TPSA) is 63.4 Å². The minimum atomic E-state index is -3.10. The number of hydrogen-bond donors (Lipinski definition) is 1. The molecular formula is C13H20N2O2S2. The van der Waals surface area contributed by atoms with Crippen LogP contribution >= 0.6 is 11.8 Å². The van der Waals surface area contributed by atoms with E-state index in [0.717, 1.165) is 23.5 Å². The predicted molar refractivity (Wildman–Crippen MR) is 83.5 cm³/mol. The van der Waals surface area contributed by atoms with Crippen molar-refractivity contribution in [3.8, 4) is 0 Å². The van der Waals surface area contributed by atoms with E-state index in [2.05, 4.69) is 0 Å². The van der Waals surface area contributed by atoms with E-state index in [0.29, 0.717) is 11.4 Å². The molecule has 1 fully saturated rings. The Balaban J connectivity index is 2.46. The quantitative estimate of drug-likeness (QED) is 0.864. The summed E-state index contributed by atoms with van der Waals surface area (Å²) in [6, 6.07) is 5.71.